The van der Waals surface area contributed by atoms with E-state index in [0.717, 1.165) is 23.9 Å². The van der Waals surface area contributed by atoms with Gasteiger partial charge in [0.1, 0.15) is 0 Å². The van der Waals surface area contributed by atoms with Crippen molar-refractivity contribution < 1.29 is 0 Å². The van der Waals surface area contributed by atoms with Gasteiger partial charge in [0, 0.05) is 12.1 Å². The fraction of sp³-hybridized carbons (Fsp3) is 1.00. The third-order valence-corrected chi connectivity index (χ3v) is 5.71. The van der Waals surface area contributed by atoms with Crippen LogP contribution in [-0.2, 0) is 0 Å². The Morgan fingerprint density at radius 2 is 1.42 bits per heavy atom. The summed E-state index contributed by atoms with van der Waals surface area (Å²) in [6.45, 7) is 9.75. The summed E-state index contributed by atoms with van der Waals surface area (Å²) in [6, 6.07) is 1.50. The minimum Gasteiger partial charge on any atom is -0.311 e. The Labute approximate surface area is 120 Å². The lowest BCUT2D eigenvalue weighted by Crippen LogP contribution is -2.49. The van der Waals surface area contributed by atoms with Gasteiger partial charge in [-0.25, -0.2) is 0 Å². The molecule has 112 valence electrons. The van der Waals surface area contributed by atoms with Crippen molar-refractivity contribution >= 4 is 0 Å². The molecule has 2 unspecified atom stereocenters. The lowest BCUT2D eigenvalue weighted by molar-refractivity contribution is 0.113. The number of hydrogen-bond donors (Lipinski definition) is 1. The second-order valence-corrected chi connectivity index (χ2v) is 8.22. The van der Waals surface area contributed by atoms with Crippen molar-refractivity contribution in [2.45, 2.75) is 97.6 Å². The van der Waals surface area contributed by atoms with E-state index in [1.54, 1.807) is 0 Å². The van der Waals surface area contributed by atoms with Crippen LogP contribution in [0, 0.1) is 17.3 Å². The largest absolute Gasteiger partial charge is 0.311 e. The van der Waals surface area contributed by atoms with Gasteiger partial charge in [-0.15, -0.1) is 0 Å². The maximum atomic E-state index is 4.05. The van der Waals surface area contributed by atoms with Crippen molar-refractivity contribution in [2.75, 3.05) is 0 Å². The highest BCUT2D eigenvalue weighted by Gasteiger charge is 2.35. The normalized spacial score (nSPS) is 32.2. The van der Waals surface area contributed by atoms with Gasteiger partial charge in [0.15, 0.2) is 0 Å². The molecule has 0 aromatic carbocycles. The first kappa shape index (κ1) is 15.4. The molecule has 0 amide bonds. The van der Waals surface area contributed by atoms with E-state index in [1.165, 1.54) is 57.8 Å². The van der Waals surface area contributed by atoms with Gasteiger partial charge < -0.3 is 5.32 Å². The van der Waals surface area contributed by atoms with Crippen LogP contribution in [0.2, 0.25) is 0 Å². The summed E-state index contributed by atoms with van der Waals surface area (Å²) in [5.41, 5.74) is 0.463. The SMILES string of the molecule is C[C@@H](NC1CCCCC1C(C)(C)C)C1CCCCC1. The molecule has 0 radical (unpaired) electrons. The summed E-state index contributed by atoms with van der Waals surface area (Å²) in [6.07, 6.45) is 13.0. The minimum absolute atomic E-state index is 0.463. The van der Waals surface area contributed by atoms with Crippen LogP contribution in [0.4, 0.5) is 0 Å². The van der Waals surface area contributed by atoms with Gasteiger partial charge in [-0.05, 0) is 49.9 Å². The fourth-order valence-corrected chi connectivity index (χ4v) is 4.47. The first-order valence-electron chi connectivity index (χ1n) is 8.74. The smallest absolute Gasteiger partial charge is 0.0103 e. The average molecular weight is 265 g/mol. The first-order valence-corrected chi connectivity index (χ1v) is 8.74. The van der Waals surface area contributed by atoms with Crippen LogP contribution in [0.3, 0.4) is 0 Å². The lowest BCUT2D eigenvalue weighted by atomic mass is 9.69. The summed E-state index contributed by atoms with van der Waals surface area (Å²) >= 11 is 0. The van der Waals surface area contributed by atoms with E-state index in [2.05, 4.69) is 33.0 Å². The zero-order chi connectivity index (χ0) is 13.9. The summed E-state index contributed by atoms with van der Waals surface area (Å²) in [5.74, 6) is 1.81. The second kappa shape index (κ2) is 6.61. The summed E-state index contributed by atoms with van der Waals surface area (Å²) in [7, 11) is 0. The van der Waals surface area contributed by atoms with Gasteiger partial charge in [0.2, 0.25) is 0 Å². The monoisotopic (exact) mass is 265 g/mol. The number of nitrogens with one attached hydrogen (secondary N) is 1. The molecule has 3 atom stereocenters. The zero-order valence-electron chi connectivity index (χ0n) is 13.7. The van der Waals surface area contributed by atoms with Gasteiger partial charge in [-0.3, -0.25) is 0 Å². The van der Waals surface area contributed by atoms with Crippen LogP contribution in [0.15, 0.2) is 0 Å². The third kappa shape index (κ3) is 4.21. The van der Waals surface area contributed by atoms with E-state index < -0.39 is 0 Å². The molecule has 0 aromatic heterocycles. The molecule has 0 spiro atoms. The second-order valence-electron chi connectivity index (χ2n) is 8.22. The van der Waals surface area contributed by atoms with Crippen molar-refractivity contribution in [2.24, 2.45) is 17.3 Å². The molecule has 2 rings (SSSR count). The Bertz CT molecular complexity index is 259. The summed E-state index contributed by atoms with van der Waals surface area (Å²) in [4.78, 5) is 0. The number of rotatable bonds is 3. The first-order chi connectivity index (χ1) is 8.98. The van der Waals surface area contributed by atoms with Gasteiger partial charge in [-0.2, -0.15) is 0 Å². The van der Waals surface area contributed by atoms with Crippen molar-refractivity contribution in [1.82, 2.24) is 5.32 Å². The van der Waals surface area contributed by atoms with E-state index in [4.69, 9.17) is 0 Å². The van der Waals surface area contributed by atoms with Gasteiger partial charge in [0.05, 0.1) is 0 Å². The van der Waals surface area contributed by atoms with Crippen LogP contribution in [0.1, 0.15) is 85.5 Å². The van der Waals surface area contributed by atoms with Gasteiger partial charge in [-0.1, -0.05) is 52.9 Å². The predicted octanol–water partition coefficient (Wildman–Crippen LogP) is 5.15. The highest BCUT2D eigenvalue weighted by molar-refractivity contribution is 4.90. The molecule has 19 heavy (non-hydrogen) atoms. The molecule has 0 aliphatic heterocycles. The Kier molecular flexibility index (Phi) is 5.34. The Balaban J connectivity index is 1.91. The summed E-state index contributed by atoms with van der Waals surface area (Å²) < 4.78 is 0. The fourth-order valence-electron chi connectivity index (χ4n) is 4.47. The maximum Gasteiger partial charge on any atom is 0.0103 e. The Morgan fingerprint density at radius 3 is 2.05 bits per heavy atom. The molecule has 0 saturated heterocycles. The molecule has 2 fully saturated rings. The maximum absolute atomic E-state index is 4.05. The van der Waals surface area contributed by atoms with E-state index in [0.29, 0.717) is 5.41 Å². The number of hydrogen-bond acceptors (Lipinski definition) is 1. The average Bonchev–Trinajstić information content (AvgIpc) is 2.39. The highest BCUT2D eigenvalue weighted by atomic mass is 15.0. The van der Waals surface area contributed by atoms with Crippen molar-refractivity contribution in [1.29, 1.82) is 0 Å². The van der Waals surface area contributed by atoms with Crippen molar-refractivity contribution in [3.8, 4) is 0 Å². The standard InChI is InChI=1S/C18H35N/c1-14(15-10-6-5-7-11-15)19-17-13-9-8-12-16(17)18(2,3)4/h14-17,19H,5-13H2,1-4H3/t14-,16?,17?/m1/s1. The molecule has 2 aliphatic carbocycles. The van der Waals surface area contributed by atoms with Gasteiger partial charge in [0.25, 0.3) is 0 Å². The molecular weight excluding hydrogens is 230 g/mol. The van der Waals surface area contributed by atoms with Crippen LogP contribution in [0.5, 0.6) is 0 Å². The van der Waals surface area contributed by atoms with E-state index >= 15 is 0 Å². The Morgan fingerprint density at radius 1 is 0.842 bits per heavy atom. The molecule has 0 heterocycles. The molecule has 1 nitrogen and oxygen atoms in total. The molecule has 1 heteroatoms. The lowest BCUT2D eigenvalue weighted by Gasteiger charge is -2.43. The van der Waals surface area contributed by atoms with Crippen LogP contribution in [-0.4, -0.2) is 12.1 Å². The zero-order valence-corrected chi connectivity index (χ0v) is 13.7. The molecular formula is C18H35N. The quantitative estimate of drug-likeness (QED) is 0.744. The van der Waals surface area contributed by atoms with E-state index in [-0.39, 0.29) is 0 Å². The van der Waals surface area contributed by atoms with Crippen LogP contribution < -0.4 is 5.32 Å². The molecule has 2 saturated carbocycles. The molecule has 0 aromatic rings. The predicted molar refractivity (Wildman–Crippen MR) is 84.4 cm³/mol. The molecule has 0 bridgehead atoms. The van der Waals surface area contributed by atoms with Crippen molar-refractivity contribution in [3.05, 3.63) is 0 Å². The summed E-state index contributed by atoms with van der Waals surface area (Å²) in [5, 5.41) is 4.05. The van der Waals surface area contributed by atoms with Crippen molar-refractivity contribution in [3.63, 3.8) is 0 Å². The van der Waals surface area contributed by atoms with Gasteiger partial charge >= 0.3 is 0 Å². The topological polar surface area (TPSA) is 12.0 Å². The third-order valence-electron chi connectivity index (χ3n) is 5.71. The van der Waals surface area contributed by atoms with Crippen LogP contribution in [0.25, 0.3) is 0 Å². The molecule has 1 N–H and O–H groups in total. The van der Waals surface area contributed by atoms with E-state index in [9.17, 15) is 0 Å². The minimum atomic E-state index is 0.463. The van der Waals surface area contributed by atoms with Crippen LogP contribution >= 0.6 is 0 Å². The highest BCUT2D eigenvalue weighted by Crippen LogP contribution is 2.38. The van der Waals surface area contributed by atoms with E-state index in [1.807, 2.05) is 0 Å². The Hall–Kier alpha value is -0.0400. The molecule has 2 aliphatic rings.